The van der Waals surface area contributed by atoms with Gasteiger partial charge in [-0.3, -0.25) is 14.4 Å². The van der Waals surface area contributed by atoms with Crippen molar-refractivity contribution in [1.29, 1.82) is 0 Å². The fourth-order valence-electron chi connectivity index (χ4n) is 3.80. The van der Waals surface area contributed by atoms with E-state index in [2.05, 4.69) is 0 Å². The molecule has 2 aromatic rings. The van der Waals surface area contributed by atoms with Gasteiger partial charge in [0.05, 0.1) is 19.4 Å². The van der Waals surface area contributed by atoms with Crippen LogP contribution in [0.1, 0.15) is 42.1 Å². The number of amides is 1. The number of Topliss-reactive ketones (excluding diaryl/α,β-unsaturated/α-hetero) is 2. The predicted octanol–water partition coefficient (Wildman–Crippen LogP) is 2.92. The van der Waals surface area contributed by atoms with Gasteiger partial charge in [0, 0.05) is 24.8 Å². The highest BCUT2D eigenvalue weighted by Crippen LogP contribution is 2.40. The molecule has 0 aliphatic carbocycles. The van der Waals surface area contributed by atoms with Gasteiger partial charge >= 0.3 is 5.97 Å². The van der Waals surface area contributed by atoms with Crippen LogP contribution < -0.4 is 9.64 Å². The second-order valence-electron chi connectivity index (χ2n) is 6.94. The van der Waals surface area contributed by atoms with E-state index in [1.165, 1.54) is 18.9 Å². The number of para-hydroxylation sites is 1. The highest BCUT2D eigenvalue weighted by atomic mass is 16.5. The Morgan fingerprint density at radius 2 is 1.73 bits per heavy atom. The molecule has 2 aromatic carbocycles. The van der Waals surface area contributed by atoms with Crippen molar-refractivity contribution in [3.63, 3.8) is 0 Å². The van der Waals surface area contributed by atoms with Crippen molar-refractivity contribution in [3.05, 3.63) is 59.7 Å². The third-order valence-electron chi connectivity index (χ3n) is 5.15. The van der Waals surface area contributed by atoms with Crippen LogP contribution in [0.4, 0.5) is 5.69 Å². The van der Waals surface area contributed by atoms with Crippen molar-refractivity contribution in [2.24, 2.45) is 0 Å². The Balaban J connectivity index is 2.06. The predicted molar refractivity (Wildman–Crippen MR) is 110 cm³/mol. The van der Waals surface area contributed by atoms with Gasteiger partial charge in [-0.15, -0.1) is 0 Å². The van der Waals surface area contributed by atoms with Gasteiger partial charge in [-0.25, -0.2) is 4.79 Å². The molecule has 1 aliphatic heterocycles. The van der Waals surface area contributed by atoms with Gasteiger partial charge in [-0.05, 0) is 36.8 Å². The standard InChI is InChI=1S/C23H23NO6/c1-4-30-23(28)20(26)13-18(15-9-11-16(29-3)12-10-15)21-22(27)17-7-5-6-8-19(17)24(21)14(2)25/h5-12,18,21H,4,13H2,1-3H3/t18-,21+/m1/s1. The molecular weight excluding hydrogens is 386 g/mol. The first-order chi connectivity index (χ1) is 14.4. The molecule has 0 fully saturated rings. The highest BCUT2D eigenvalue weighted by Gasteiger charge is 2.45. The zero-order chi connectivity index (χ0) is 21.8. The Hall–Kier alpha value is -3.48. The maximum atomic E-state index is 13.3. The molecule has 7 nitrogen and oxygen atoms in total. The number of hydrogen-bond donors (Lipinski definition) is 0. The van der Waals surface area contributed by atoms with Crippen LogP contribution in [0.25, 0.3) is 0 Å². The molecule has 0 saturated heterocycles. The van der Waals surface area contributed by atoms with E-state index in [0.717, 1.165) is 0 Å². The van der Waals surface area contributed by atoms with Crippen LogP contribution in [0, 0.1) is 0 Å². The van der Waals surface area contributed by atoms with Crippen LogP contribution in [0.3, 0.4) is 0 Å². The van der Waals surface area contributed by atoms with Crippen molar-refractivity contribution in [3.8, 4) is 5.75 Å². The molecule has 0 aromatic heterocycles. The van der Waals surface area contributed by atoms with Crippen LogP contribution in [0.5, 0.6) is 5.75 Å². The summed E-state index contributed by atoms with van der Waals surface area (Å²) >= 11 is 0. The molecule has 1 amide bonds. The van der Waals surface area contributed by atoms with Crippen molar-refractivity contribution >= 4 is 29.1 Å². The fourth-order valence-corrected chi connectivity index (χ4v) is 3.80. The monoisotopic (exact) mass is 409 g/mol. The van der Waals surface area contributed by atoms with E-state index in [9.17, 15) is 19.2 Å². The van der Waals surface area contributed by atoms with Crippen molar-refractivity contribution < 1.29 is 28.7 Å². The summed E-state index contributed by atoms with van der Waals surface area (Å²) in [6.07, 6.45) is -0.265. The molecule has 0 unspecified atom stereocenters. The largest absolute Gasteiger partial charge is 0.497 e. The molecule has 0 spiro atoms. The van der Waals surface area contributed by atoms with Crippen LogP contribution in [0.15, 0.2) is 48.5 Å². The number of ether oxygens (including phenoxy) is 2. The van der Waals surface area contributed by atoms with E-state index in [4.69, 9.17) is 9.47 Å². The van der Waals surface area contributed by atoms with Crippen LogP contribution >= 0.6 is 0 Å². The Bertz CT molecular complexity index is 981. The minimum Gasteiger partial charge on any atom is -0.497 e. The summed E-state index contributed by atoms with van der Waals surface area (Å²) in [5.41, 5.74) is 1.56. The zero-order valence-corrected chi connectivity index (χ0v) is 17.1. The summed E-state index contributed by atoms with van der Waals surface area (Å²) in [7, 11) is 1.53. The topological polar surface area (TPSA) is 90.0 Å². The average molecular weight is 409 g/mol. The first-order valence-corrected chi connectivity index (χ1v) is 9.66. The molecule has 7 heteroatoms. The van der Waals surface area contributed by atoms with E-state index < -0.39 is 23.7 Å². The van der Waals surface area contributed by atoms with Crippen LogP contribution in [-0.2, 0) is 19.1 Å². The third kappa shape index (κ3) is 3.96. The maximum absolute atomic E-state index is 13.3. The number of anilines is 1. The van der Waals surface area contributed by atoms with Gasteiger partial charge in [0.2, 0.25) is 11.7 Å². The minimum absolute atomic E-state index is 0.0746. The first-order valence-electron chi connectivity index (χ1n) is 9.66. The Kier molecular flexibility index (Phi) is 6.30. The van der Waals surface area contributed by atoms with Crippen LogP contribution in [-0.4, -0.2) is 43.2 Å². The number of rotatable bonds is 7. The molecule has 156 valence electrons. The average Bonchev–Trinajstić information content (AvgIpc) is 3.05. The van der Waals surface area contributed by atoms with E-state index in [1.807, 2.05) is 0 Å². The normalized spacial score (nSPS) is 16.0. The quantitative estimate of drug-likeness (QED) is 0.516. The second-order valence-corrected chi connectivity index (χ2v) is 6.94. The van der Waals surface area contributed by atoms with Gasteiger partial charge in [0.15, 0.2) is 5.78 Å². The van der Waals surface area contributed by atoms with Gasteiger partial charge in [0.1, 0.15) is 11.8 Å². The van der Waals surface area contributed by atoms with Gasteiger partial charge in [-0.1, -0.05) is 24.3 Å². The number of carbonyl (C=O) groups is 4. The molecule has 0 saturated carbocycles. The third-order valence-corrected chi connectivity index (χ3v) is 5.15. The summed E-state index contributed by atoms with van der Waals surface area (Å²) in [6.45, 7) is 3.06. The zero-order valence-electron chi connectivity index (χ0n) is 17.1. The molecule has 1 aliphatic rings. The maximum Gasteiger partial charge on any atom is 0.374 e. The molecule has 1 heterocycles. The molecule has 30 heavy (non-hydrogen) atoms. The minimum atomic E-state index is -0.951. The summed E-state index contributed by atoms with van der Waals surface area (Å²) in [5.74, 6) is -2.40. The van der Waals surface area contributed by atoms with E-state index in [0.29, 0.717) is 22.6 Å². The van der Waals surface area contributed by atoms with Gasteiger partial charge in [0.25, 0.3) is 0 Å². The number of hydrogen-bond acceptors (Lipinski definition) is 6. The lowest BCUT2D eigenvalue weighted by Crippen LogP contribution is -2.44. The Morgan fingerprint density at radius 3 is 2.33 bits per heavy atom. The number of carbonyl (C=O) groups excluding carboxylic acids is 4. The van der Waals surface area contributed by atoms with E-state index >= 15 is 0 Å². The Morgan fingerprint density at radius 1 is 1.07 bits per heavy atom. The summed E-state index contributed by atoms with van der Waals surface area (Å²) in [4.78, 5) is 51.7. The Labute approximate surface area is 174 Å². The van der Waals surface area contributed by atoms with E-state index in [1.54, 1.807) is 55.5 Å². The molecule has 0 radical (unpaired) electrons. The summed E-state index contributed by atoms with van der Waals surface area (Å²) < 4.78 is 10.0. The summed E-state index contributed by atoms with van der Waals surface area (Å²) in [5, 5.41) is 0. The molecule has 0 N–H and O–H groups in total. The molecular formula is C23H23NO6. The first kappa shape index (κ1) is 21.2. The highest BCUT2D eigenvalue weighted by molar-refractivity contribution is 6.34. The lowest BCUT2D eigenvalue weighted by atomic mass is 9.84. The lowest BCUT2D eigenvalue weighted by molar-refractivity contribution is -0.153. The number of benzene rings is 2. The van der Waals surface area contributed by atoms with Crippen molar-refractivity contribution in [1.82, 2.24) is 0 Å². The SMILES string of the molecule is CCOC(=O)C(=O)C[C@H](c1ccc(OC)cc1)[C@H]1C(=O)c2ccccc2N1C(C)=O. The number of esters is 1. The van der Waals surface area contributed by atoms with Gasteiger partial charge < -0.3 is 14.4 Å². The summed E-state index contributed by atoms with van der Waals surface area (Å²) in [6, 6.07) is 12.8. The number of ketones is 2. The van der Waals surface area contributed by atoms with Crippen molar-refractivity contribution in [2.45, 2.75) is 32.2 Å². The number of nitrogens with zero attached hydrogens (tertiary/aromatic N) is 1. The van der Waals surface area contributed by atoms with Crippen LogP contribution in [0.2, 0.25) is 0 Å². The molecule has 0 bridgehead atoms. The molecule has 2 atom stereocenters. The van der Waals surface area contributed by atoms with E-state index in [-0.39, 0.29) is 24.7 Å². The van der Waals surface area contributed by atoms with Crippen molar-refractivity contribution in [2.75, 3.05) is 18.6 Å². The second kappa shape index (κ2) is 8.90. The molecule has 3 rings (SSSR count). The smallest absolute Gasteiger partial charge is 0.374 e. The number of fused-ring (bicyclic) bond motifs is 1. The fraction of sp³-hybridized carbons (Fsp3) is 0.304. The lowest BCUT2D eigenvalue weighted by Gasteiger charge is -2.30. The number of methoxy groups -OCH3 is 1. The van der Waals surface area contributed by atoms with Gasteiger partial charge in [-0.2, -0.15) is 0 Å².